The average Bonchev–Trinajstić information content (AvgIpc) is 2.01. The molecule has 84 valence electrons. The molecule has 0 amide bonds. The molecule has 0 fully saturated rings. The third-order valence-corrected chi connectivity index (χ3v) is 1.14. The van der Waals surface area contributed by atoms with Gasteiger partial charge in [-0.25, -0.2) is 9.59 Å². The SMILES string of the molecule is CC=C(Cl)CC.O=C(O)O.O=C(O)O. The van der Waals surface area contributed by atoms with Crippen LogP contribution >= 0.6 is 11.6 Å². The van der Waals surface area contributed by atoms with Crippen LogP contribution in [0.1, 0.15) is 20.3 Å². The Labute approximate surface area is 86.1 Å². The molecule has 0 bridgehead atoms. The van der Waals surface area contributed by atoms with Gasteiger partial charge < -0.3 is 20.4 Å². The summed E-state index contributed by atoms with van der Waals surface area (Å²) in [7, 11) is 0. The Kier molecular flexibility index (Phi) is 18.5. The maximum atomic E-state index is 8.56. The van der Waals surface area contributed by atoms with E-state index in [2.05, 4.69) is 0 Å². The first-order chi connectivity index (χ1) is 6.27. The molecule has 0 atom stereocenters. The van der Waals surface area contributed by atoms with E-state index in [4.69, 9.17) is 41.6 Å². The molecule has 0 unspecified atom stereocenters. The molecule has 4 N–H and O–H groups in total. The smallest absolute Gasteiger partial charge is 0.450 e. The zero-order valence-electron chi connectivity index (χ0n) is 7.77. The molecule has 0 rings (SSSR count). The van der Waals surface area contributed by atoms with Crippen molar-refractivity contribution in [3.63, 3.8) is 0 Å². The molecule has 0 spiro atoms. The molecule has 0 aromatic carbocycles. The minimum atomic E-state index is -1.83. The first-order valence-corrected chi connectivity index (χ1v) is 3.80. The number of carbonyl (C=O) groups is 2. The topological polar surface area (TPSA) is 115 Å². The first kappa shape index (κ1) is 18.4. The Morgan fingerprint density at radius 3 is 1.36 bits per heavy atom. The van der Waals surface area contributed by atoms with Crippen molar-refractivity contribution in [1.29, 1.82) is 0 Å². The zero-order chi connectivity index (χ0) is 12.1. The number of carboxylic acid groups (broad SMARTS) is 4. The van der Waals surface area contributed by atoms with Gasteiger partial charge in [-0.2, -0.15) is 0 Å². The number of rotatable bonds is 1. The van der Waals surface area contributed by atoms with E-state index in [1.54, 1.807) is 0 Å². The second kappa shape index (κ2) is 14.1. The molecule has 0 aromatic heterocycles. The lowest BCUT2D eigenvalue weighted by atomic mass is 10.4. The Hall–Kier alpha value is -1.43. The summed E-state index contributed by atoms with van der Waals surface area (Å²) < 4.78 is 0. The molecular formula is C7H13ClO6. The van der Waals surface area contributed by atoms with Crippen LogP contribution in [0.4, 0.5) is 9.59 Å². The summed E-state index contributed by atoms with van der Waals surface area (Å²) in [6.07, 6.45) is -0.806. The molecule has 6 nitrogen and oxygen atoms in total. The van der Waals surface area contributed by atoms with Gasteiger partial charge in [0.25, 0.3) is 0 Å². The lowest BCUT2D eigenvalue weighted by Crippen LogP contribution is -1.81. The number of halogens is 1. The molecule has 0 aliphatic carbocycles. The van der Waals surface area contributed by atoms with Crippen molar-refractivity contribution in [2.24, 2.45) is 0 Å². The first-order valence-electron chi connectivity index (χ1n) is 3.42. The van der Waals surface area contributed by atoms with E-state index in [1.165, 1.54) is 0 Å². The summed E-state index contributed by atoms with van der Waals surface area (Å²) in [6, 6.07) is 0. The Bertz CT molecular complexity index is 169. The Morgan fingerprint density at radius 1 is 1.14 bits per heavy atom. The summed E-state index contributed by atoms with van der Waals surface area (Å²) >= 11 is 5.51. The number of hydrogen-bond acceptors (Lipinski definition) is 2. The van der Waals surface area contributed by atoms with E-state index in [9.17, 15) is 0 Å². The van der Waals surface area contributed by atoms with Gasteiger partial charge in [-0.3, -0.25) is 0 Å². The molecule has 14 heavy (non-hydrogen) atoms. The van der Waals surface area contributed by atoms with Crippen molar-refractivity contribution >= 4 is 23.9 Å². The molecule has 0 saturated heterocycles. The molecule has 0 aliphatic rings. The van der Waals surface area contributed by atoms with Crippen LogP contribution in [-0.4, -0.2) is 32.7 Å². The summed E-state index contributed by atoms with van der Waals surface area (Å²) in [5.41, 5.74) is 0. The van der Waals surface area contributed by atoms with Crippen LogP contribution in [0.2, 0.25) is 0 Å². The van der Waals surface area contributed by atoms with Crippen LogP contribution in [0.25, 0.3) is 0 Å². The molecule has 7 heteroatoms. The van der Waals surface area contributed by atoms with Crippen LogP contribution in [0, 0.1) is 0 Å². The quantitative estimate of drug-likeness (QED) is 0.548. The minimum Gasteiger partial charge on any atom is -0.450 e. The van der Waals surface area contributed by atoms with Gasteiger partial charge >= 0.3 is 12.3 Å². The molecule has 0 radical (unpaired) electrons. The second-order valence-electron chi connectivity index (χ2n) is 1.65. The molecule has 0 heterocycles. The minimum absolute atomic E-state index is 0.940. The maximum Gasteiger partial charge on any atom is 0.503 e. The van der Waals surface area contributed by atoms with Gasteiger partial charge in [0.05, 0.1) is 0 Å². The van der Waals surface area contributed by atoms with Crippen molar-refractivity contribution < 1.29 is 30.0 Å². The predicted octanol–water partition coefficient (Wildman–Crippen LogP) is 2.98. The molecular weight excluding hydrogens is 216 g/mol. The fourth-order valence-corrected chi connectivity index (χ4v) is 0.204. The van der Waals surface area contributed by atoms with Gasteiger partial charge in [-0.1, -0.05) is 24.6 Å². The predicted molar refractivity (Wildman–Crippen MR) is 51.2 cm³/mol. The Morgan fingerprint density at radius 2 is 1.36 bits per heavy atom. The van der Waals surface area contributed by atoms with Crippen LogP contribution in [-0.2, 0) is 0 Å². The maximum absolute atomic E-state index is 8.56. The van der Waals surface area contributed by atoms with Crippen LogP contribution in [0.3, 0.4) is 0 Å². The molecule has 0 aromatic rings. The highest BCUT2D eigenvalue weighted by atomic mass is 35.5. The Balaban J connectivity index is -0.000000135. The van der Waals surface area contributed by atoms with E-state index in [1.807, 2.05) is 19.9 Å². The van der Waals surface area contributed by atoms with Gasteiger partial charge in [0.1, 0.15) is 0 Å². The fourth-order valence-electron chi connectivity index (χ4n) is 0.204. The van der Waals surface area contributed by atoms with Crippen molar-refractivity contribution in [3.8, 4) is 0 Å². The third-order valence-electron chi connectivity index (χ3n) is 0.651. The summed E-state index contributed by atoms with van der Waals surface area (Å²) in [6.45, 7) is 3.97. The standard InChI is InChI=1S/C5H9Cl.2CH2O3/c1-3-5(6)4-2;2*2-1(3)4/h3H,4H2,1-2H3;2*(H2,2,3,4). The van der Waals surface area contributed by atoms with Crippen LogP contribution < -0.4 is 0 Å². The van der Waals surface area contributed by atoms with Gasteiger partial charge in [0, 0.05) is 5.03 Å². The normalized spacial score (nSPS) is 8.64. The van der Waals surface area contributed by atoms with E-state index >= 15 is 0 Å². The average molecular weight is 229 g/mol. The zero-order valence-corrected chi connectivity index (χ0v) is 8.52. The fraction of sp³-hybridized carbons (Fsp3) is 0.429. The number of allylic oxidation sites excluding steroid dienone is 2. The molecule has 0 saturated carbocycles. The van der Waals surface area contributed by atoms with Crippen LogP contribution in [0.5, 0.6) is 0 Å². The lowest BCUT2D eigenvalue weighted by Gasteiger charge is -1.81. The highest BCUT2D eigenvalue weighted by Gasteiger charge is 1.76. The highest BCUT2D eigenvalue weighted by Crippen LogP contribution is 2.02. The van der Waals surface area contributed by atoms with Crippen molar-refractivity contribution in [3.05, 3.63) is 11.1 Å². The van der Waals surface area contributed by atoms with Crippen LogP contribution in [0.15, 0.2) is 11.1 Å². The molecule has 0 aliphatic heterocycles. The van der Waals surface area contributed by atoms with Gasteiger partial charge in [-0.15, -0.1) is 0 Å². The third kappa shape index (κ3) is 147. The summed E-state index contributed by atoms with van der Waals surface area (Å²) in [5.74, 6) is 0. The largest absolute Gasteiger partial charge is 0.503 e. The van der Waals surface area contributed by atoms with Gasteiger partial charge in [0.2, 0.25) is 0 Å². The van der Waals surface area contributed by atoms with Crippen molar-refractivity contribution in [2.75, 3.05) is 0 Å². The summed E-state index contributed by atoms with van der Waals surface area (Å²) in [5, 5.41) is 28.8. The summed E-state index contributed by atoms with van der Waals surface area (Å²) in [4.78, 5) is 17.1. The lowest BCUT2D eigenvalue weighted by molar-refractivity contribution is 0.135. The highest BCUT2D eigenvalue weighted by molar-refractivity contribution is 6.29. The second-order valence-corrected chi connectivity index (χ2v) is 2.14. The monoisotopic (exact) mass is 228 g/mol. The van der Waals surface area contributed by atoms with E-state index in [-0.39, 0.29) is 0 Å². The number of hydrogen-bond donors (Lipinski definition) is 4. The van der Waals surface area contributed by atoms with Gasteiger partial charge in [0.15, 0.2) is 0 Å². The van der Waals surface area contributed by atoms with Crippen molar-refractivity contribution in [1.82, 2.24) is 0 Å². The van der Waals surface area contributed by atoms with E-state index in [0.717, 1.165) is 11.5 Å². The van der Waals surface area contributed by atoms with Gasteiger partial charge in [-0.05, 0) is 13.3 Å². The van der Waals surface area contributed by atoms with E-state index in [0.29, 0.717) is 0 Å². The van der Waals surface area contributed by atoms with E-state index < -0.39 is 12.3 Å². The van der Waals surface area contributed by atoms with Crippen molar-refractivity contribution in [2.45, 2.75) is 20.3 Å².